The van der Waals surface area contributed by atoms with E-state index in [0.717, 1.165) is 17.0 Å². The summed E-state index contributed by atoms with van der Waals surface area (Å²) < 4.78 is 27.9. The van der Waals surface area contributed by atoms with E-state index in [0.29, 0.717) is 11.1 Å². The minimum absolute atomic E-state index is 0.296. The monoisotopic (exact) mass is 276 g/mol. The van der Waals surface area contributed by atoms with Crippen LogP contribution < -0.4 is 5.32 Å². The molecule has 1 unspecified atom stereocenters. The first-order chi connectivity index (χ1) is 9.45. The van der Waals surface area contributed by atoms with Crippen LogP contribution in [0.5, 0.6) is 0 Å². The van der Waals surface area contributed by atoms with Crippen LogP contribution in [0.3, 0.4) is 0 Å². The number of aromatic nitrogens is 1. The van der Waals surface area contributed by atoms with Crippen molar-refractivity contribution in [2.45, 2.75) is 26.8 Å². The van der Waals surface area contributed by atoms with Crippen LogP contribution in [0.1, 0.15) is 34.1 Å². The molecule has 1 aromatic heterocycles. The van der Waals surface area contributed by atoms with E-state index in [2.05, 4.69) is 10.3 Å². The SMILES string of the molecule is CNC(c1ccc(C)nc1C)c1ccc(C)c(F)c1F. The zero-order valence-electron chi connectivity index (χ0n) is 12.1. The molecular weight excluding hydrogens is 258 g/mol. The minimum atomic E-state index is -0.802. The van der Waals surface area contributed by atoms with Crippen molar-refractivity contribution in [3.05, 3.63) is 64.0 Å². The van der Waals surface area contributed by atoms with Gasteiger partial charge >= 0.3 is 0 Å². The van der Waals surface area contributed by atoms with Crippen LogP contribution >= 0.6 is 0 Å². The van der Waals surface area contributed by atoms with Gasteiger partial charge in [0.25, 0.3) is 0 Å². The van der Waals surface area contributed by atoms with Crippen molar-refractivity contribution < 1.29 is 8.78 Å². The van der Waals surface area contributed by atoms with Crippen molar-refractivity contribution in [2.24, 2.45) is 0 Å². The predicted octanol–water partition coefficient (Wildman–Crippen LogP) is 3.59. The Bertz CT molecular complexity index is 639. The Labute approximate surface area is 117 Å². The van der Waals surface area contributed by atoms with Crippen LogP contribution in [0, 0.1) is 32.4 Å². The van der Waals surface area contributed by atoms with E-state index in [1.807, 2.05) is 26.0 Å². The molecule has 0 amide bonds. The minimum Gasteiger partial charge on any atom is -0.309 e. The first-order valence-electron chi connectivity index (χ1n) is 6.51. The molecule has 106 valence electrons. The second-order valence-corrected chi connectivity index (χ2v) is 4.95. The number of hydrogen-bond donors (Lipinski definition) is 1. The molecule has 0 aliphatic heterocycles. The molecule has 2 rings (SSSR count). The van der Waals surface area contributed by atoms with Gasteiger partial charge < -0.3 is 5.32 Å². The van der Waals surface area contributed by atoms with E-state index < -0.39 is 17.7 Å². The first kappa shape index (κ1) is 14.6. The molecule has 0 fully saturated rings. The van der Waals surface area contributed by atoms with Crippen molar-refractivity contribution in [2.75, 3.05) is 7.05 Å². The molecule has 0 saturated heterocycles. The van der Waals surface area contributed by atoms with Crippen LogP contribution in [-0.4, -0.2) is 12.0 Å². The van der Waals surface area contributed by atoms with Gasteiger partial charge in [-0.1, -0.05) is 18.2 Å². The van der Waals surface area contributed by atoms with Crippen molar-refractivity contribution >= 4 is 0 Å². The fraction of sp³-hybridized carbons (Fsp3) is 0.312. The van der Waals surface area contributed by atoms with E-state index in [9.17, 15) is 8.78 Å². The first-order valence-corrected chi connectivity index (χ1v) is 6.51. The molecule has 0 radical (unpaired) electrons. The largest absolute Gasteiger partial charge is 0.309 e. The second kappa shape index (κ2) is 5.67. The van der Waals surface area contributed by atoms with Crippen molar-refractivity contribution in [3.8, 4) is 0 Å². The Morgan fingerprint density at radius 3 is 2.20 bits per heavy atom. The van der Waals surface area contributed by atoms with Crippen LogP contribution in [0.15, 0.2) is 24.3 Å². The molecule has 1 N–H and O–H groups in total. The summed E-state index contributed by atoms with van der Waals surface area (Å²) in [5.74, 6) is -1.59. The number of hydrogen-bond acceptors (Lipinski definition) is 2. The average molecular weight is 276 g/mol. The van der Waals surface area contributed by atoms with Crippen LogP contribution in [0.4, 0.5) is 8.78 Å². The van der Waals surface area contributed by atoms with Crippen LogP contribution in [0.2, 0.25) is 0 Å². The van der Waals surface area contributed by atoms with Crippen molar-refractivity contribution in [3.63, 3.8) is 0 Å². The molecule has 2 nitrogen and oxygen atoms in total. The highest BCUT2D eigenvalue weighted by molar-refractivity contribution is 5.37. The lowest BCUT2D eigenvalue weighted by Gasteiger charge is -2.20. The fourth-order valence-electron chi connectivity index (χ4n) is 2.36. The zero-order valence-corrected chi connectivity index (χ0v) is 12.1. The molecule has 0 saturated carbocycles. The summed E-state index contributed by atoms with van der Waals surface area (Å²) in [6.45, 7) is 5.32. The molecule has 1 aromatic carbocycles. The van der Waals surface area contributed by atoms with Gasteiger partial charge in [0.2, 0.25) is 0 Å². The van der Waals surface area contributed by atoms with Crippen LogP contribution in [-0.2, 0) is 0 Å². The molecule has 1 heterocycles. The van der Waals surface area contributed by atoms with Gasteiger partial charge in [0.05, 0.1) is 6.04 Å². The van der Waals surface area contributed by atoms with E-state index in [1.165, 1.54) is 0 Å². The van der Waals surface area contributed by atoms with E-state index in [1.54, 1.807) is 26.1 Å². The number of halogens is 2. The highest BCUT2D eigenvalue weighted by atomic mass is 19.2. The molecule has 0 bridgehead atoms. The topological polar surface area (TPSA) is 24.9 Å². The lowest BCUT2D eigenvalue weighted by atomic mass is 9.96. The number of nitrogens with zero attached hydrogens (tertiary/aromatic N) is 1. The third-order valence-corrected chi connectivity index (χ3v) is 3.48. The maximum absolute atomic E-state index is 14.2. The molecule has 0 aliphatic rings. The summed E-state index contributed by atoms with van der Waals surface area (Å²) in [6.07, 6.45) is 0. The molecule has 0 aliphatic carbocycles. The number of pyridine rings is 1. The van der Waals surface area contributed by atoms with Crippen LogP contribution in [0.25, 0.3) is 0 Å². The van der Waals surface area contributed by atoms with Crippen molar-refractivity contribution in [1.29, 1.82) is 0 Å². The fourth-order valence-corrected chi connectivity index (χ4v) is 2.36. The summed E-state index contributed by atoms with van der Waals surface area (Å²) in [6, 6.07) is 6.56. The Kier molecular flexibility index (Phi) is 4.14. The molecule has 2 aromatic rings. The molecular formula is C16H18F2N2. The lowest BCUT2D eigenvalue weighted by molar-refractivity contribution is 0.482. The Balaban J connectivity index is 2.55. The highest BCUT2D eigenvalue weighted by Gasteiger charge is 2.21. The highest BCUT2D eigenvalue weighted by Crippen LogP contribution is 2.28. The summed E-state index contributed by atoms with van der Waals surface area (Å²) in [7, 11) is 1.72. The number of nitrogens with one attached hydrogen (secondary N) is 1. The molecule has 4 heteroatoms. The maximum atomic E-state index is 14.2. The van der Waals surface area contributed by atoms with E-state index in [4.69, 9.17) is 0 Å². The average Bonchev–Trinajstić information content (AvgIpc) is 2.41. The number of rotatable bonds is 3. The number of aryl methyl sites for hydroxylation is 3. The molecule has 0 spiro atoms. The Hall–Kier alpha value is -1.81. The van der Waals surface area contributed by atoms with Gasteiger partial charge in [0.15, 0.2) is 11.6 Å². The van der Waals surface area contributed by atoms with E-state index >= 15 is 0 Å². The van der Waals surface area contributed by atoms with Gasteiger partial charge in [0, 0.05) is 17.0 Å². The van der Waals surface area contributed by atoms with Gasteiger partial charge in [-0.25, -0.2) is 8.78 Å². The summed E-state index contributed by atoms with van der Waals surface area (Å²) in [5.41, 5.74) is 3.16. The van der Waals surface area contributed by atoms with E-state index in [-0.39, 0.29) is 0 Å². The summed E-state index contributed by atoms with van der Waals surface area (Å²) in [5, 5.41) is 3.04. The molecule has 20 heavy (non-hydrogen) atoms. The predicted molar refractivity (Wildman–Crippen MR) is 75.7 cm³/mol. The van der Waals surface area contributed by atoms with Gasteiger partial charge in [-0.2, -0.15) is 0 Å². The Morgan fingerprint density at radius 1 is 0.950 bits per heavy atom. The summed E-state index contributed by atoms with van der Waals surface area (Å²) >= 11 is 0. The normalized spacial score (nSPS) is 12.5. The third kappa shape index (κ3) is 2.56. The van der Waals surface area contributed by atoms with Gasteiger partial charge in [-0.05, 0) is 45.0 Å². The molecule has 1 atom stereocenters. The maximum Gasteiger partial charge on any atom is 0.164 e. The van der Waals surface area contributed by atoms with Gasteiger partial charge in [0.1, 0.15) is 0 Å². The van der Waals surface area contributed by atoms with Crippen molar-refractivity contribution in [1.82, 2.24) is 10.3 Å². The summed E-state index contributed by atoms with van der Waals surface area (Å²) in [4.78, 5) is 4.38. The number of benzene rings is 1. The van der Waals surface area contributed by atoms with Gasteiger partial charge in [-0.3, -0.25) is 4.98 Å². The zero-order chi connectivity index (χ0) is 14.9. The third-order valence-electron chi connectivity index (χ3n) is 3.48. The quantitative estimate of drug-likeness (QED) is 0.926. The lowest BCUT2D eigenvalue weighted by Crippen LogP contribution is -2.21. The smallest absolute Gasteiger partial charge is 0.164 e. The standard InChI is InChI=1S/C16H18F2N2/c1-9-5-7-13(15(18)14(9)17)16(19-4)12-8-6-10(2)20-11(12)3/h5-8,16,19H,1-4H3. The second-order valence-electron chi connectivity index (χ2n) is 4.95. The Morgan fingerprint density at radius 2 is 1.60 bits per heavy atom. The van der Waals surface area contributed by atoms with Gasteiger partial charge in [-0.15, -0.1) is 0 Å².